The Kier molecular flexibility index (Phi) is 6.70. The summed E-state index contributed by atoms with van der Waals surface area (Å²) in [6, 6.07) is 10.8. The number of hydrogen-bond acceptors (Lipinski definition) is 6. The van der Waals surface area contributed by atoms with E-state index < -0.39 is 0 Å². The number of nitrogens with two attached hydrogens (primary N) is 1. The zero-order valence-electron chi connectivity index (χ0n) is 18.5. The van der Waals surface area contributed by atoms with E-state index in [9.17, 15) is 9.59 Å². The van der Waals surface area contributed by atoms with Crippen molar-refractivity contribution in [1.29, 1.82) is 0 Å². The third-order valence-electron chi connectivity index (χ3n) is 4.68. The SMILES string of the molecule is CC(=O)c1ccc(Nc2nc3ccc(NC(=O)CC(C)(C)C)nc3n2CCCN)cc1. The minimum absolute atomic E-state index is 0.0203. The molecule has 1 amide bonds. The molecule has 0 saturated carbocycles. The van der Waals surface area contributed by atoms with Crippen molar-refractivity contribution >= 4 is 40.3 Å². The van der Waals surface area contributed by atoms with Crippen LogP contribution in [0.4, 0.5) is 17.5 Å². The van der Waals surface area contributed by atoms with Crippen LogP contribution in [0.5, 0.6) is 0 Å². The molecule has 4 N–H and O–H groups in total. The zero-order chi connectivity index (χ0) is 22.6. The molecule has 0 atom stereocenters. The van der Waals surface area contributed by atoms with Gasteiger partial charge >= 0.3 is 0 Å². The lowest BCUT2D eigenvalue weighted by Gasteiger charge is -2.17. The first kappa shape index (κ1) is 22.4. The second-order valence-electron chi connectivity index (χ2n) is 8.81. The molecule has 3 rings (SSSR count). The second kappa shape index (κ2) is 9.26. The Morgan fingerprint density at radius 1 is 1.06 bits per heavy atom. The van der Waals surface area contributed by atoms with Crippen LogP contribution in [0, 0.1) is 5.41 Å². The first-order valence-corrected chi connectivity index (χ1v) is 10.4. The third-order valence-corrected chi connectivity index (χ3v) is 4.68. The number of nitrogens with zero attached hydrogens (tertiary/aromatic N) is 3. The summed E-state index contributed by atoms with van der Waals surface area (Å²) in [5, 5.41) is 6.18. The molecular weight excluding hydrogens is 392 g/mol. The lowest BCUT2D eigenvalue weighted by atomic mass is 9.92. The van der Waals surface area contributed by atoms with Gasteiger partial charge in [-0.3, -0.25) is 14.2 Å². The first-order valence-electron chi connectivity index (χ1n) is 10.4. The molecule has 0 aliphatic rings. The molecule has 8 heteroatoms. The maximum Gasteiger partial charge on any atom is 0.226 e. The Morgan fingerprint density at radius 2 is 1.77 bits per heavy atom. The largest absolute Gasteiger partial charge is 0.330 e. The average Bonchev–Trinajstić information content (AvgIpc) is 3.01. The van der Waals surface area contributed by atoms with E-state index in [0.717, 1.165) is 12.1 Å². The number of pyridine rings is 1. The quantitative estimate of drug-likeness (QED) is 0.471. The zero-order valence-corrected chi connectivity index (χ0v) is 18.5. The van der Waals surface area contributed by atoms with E-state index >= 15 is 0 Å². The molecule has 0 aliphatic carbocycles. The standard InChI is InChI=1S/C23H30N6O2/c1-15(30)16-6-8-17(9-7-16)25-22-26-18-10-11-19(27-20(31)14-23(2,3)4)28-21(18)29(22)13-5-12-24/h6-11H,5,12-14,24H2,1-4H3,(H,25,26)(H,27,28,31). The van der Waals surface area contributed by atoms with Gasteiger partial charge in [0.05, 0.1) is 0 Å². The van der Waals surface area contributed by atoms with Crippen molar-refractivity contribution in [2.24, 2.45) is 11.1 Å². The molecule has 8 nitrogen and oxygen atoms in total. The summed E-state index contributed by atoms with van der Waals surface area (Å²) in [4.78, 5) is 33.1. The Balaban J connectivity index is 1.90. The van der Waals surface area contributed by atoms with Gasteiger partial charge < -0.3 is 16.4 Å². The van der Waals surface area contributed by atoms with Crippen molar-refractivity contribution in [3.8, 4) is 0 Å². The van der Waals surface area contributed by atoms with E-state index in [1.165, 1.54) is 6.92 Å². The number of anilines is 3. The van der Waals surface area contributed by atoms with Gasteiger partial charge in [0.1, 0.15) is 11.3 Å². The lowest BCUT2D eigenvalue weighted by molar-refractivity contribution is -0.117. The monoisotopic (exact) mass is 422 g/mol. The van der Waals surface area contributed by atoms with Crippen LogP contribution >= 0.6 is 0 Å². The van der Waals surface area contributed by atoms with E-state index in [-0.39, 0.29) is 17.1 Å². The number of Topliss-reactive ketones (excluding diaryl/α,β-unsaturated/α-hetero) is 1. The Labute approximate surface area is 182 Å². The fraction of sp³-hybridized carbons (Fsp3) is 0.391. The van der Waals surface area contributed by atoms with Crippen LogP contribution in [-0.2, 0) is 11.3 Å². The Bertz CT molecular complexity index is 1080. The molecule has 31 heavy (non-hydrogen) atoms. The number of rotatable bonds is 8. The maximum absolute atomic E-state index is 12.3. The van der Waals surface area contributed by atoms with Crippen LogP contribution in [0.2, 0.25) is 0 Å². The van der Waals surface area contributed by atoms with Crippen molar-refractivity contribution in [2.45, 2.75) is 47.1 Å². The number of ketones is 1. The number of imidazole rings is 1. The topological polar surface area (TPSA) is 115 Å². The summed E-state index contributed by atoms with van der Waals surface area (Å²) in [5.74, 6) is 1.07. The van der Waals surface area contributed by atoms with Gasteiger partial charge in [0.2, 0.25) is 11.9 Å². The number of aryl methyl sites for hydroxylation is 1. The van der Waals surface area contributed by atoms with Crippen LogP contribution in [0.3, 0.4) is 0 Å². The van der Waals surface area contributed by atoms with Gasteiger partial charge in [0.25, 0.3) is 0 Å². The lowest BCUT2D eigenvalue weighted by Crippen LogP contribution is -2.20. The molecule has 0 aliphatic heterocycles. The van der Waals surface area contributed by atoms with Crippen LogP contribution < -0.4 is 16.4 Å². The fourth-order valence-electron chi connectivity index (χ4n) is 3.21. The summed E-state index contributed by atoms with van der Waals surface area (Å²) < 4.78 is 1.96. The summed E-state index contributed by atoms with van der Waals surface area (Å²) >= 11 is 0. The van der Waals surface area contributed by atoms with Gasteiger partial charge in [0.15, 0.2) is 11.4 Å². The number of carbonyl (C=O) groups is 2. The first-order chi connectivity index (χ1) is 14.7. The van der Waals surface area contributed by atoms with E-state index in [0.29, 0.717) is 48.0 Å². The number of amides is 1. The van der Waals surface area contributed by atoms with Crippen LogP contribution in [0.15, 0.2) is 36.4 Å². The number of nitrogens with one attached hydrogen (secondary N) is 2. The molecule has 0 bridgehead atoms. The predicted molar refractivity (Wildman–Crippen MR) is 124 cm³/mol. The number of carbonyl (C=O) groups excluding carboxylic acids is 2. The van der Waals surface area contributed by atoms with Crippen molar-refractivity contribution in [3.05, 3.63) is 42.0 Å². The van der Waals surface area contributed by atoms with Crippen molar-refractivity contribution in [2.75, 3.05) is 17.2 Å². The van der Waals surface area contributed by atoms with Gasteiger partial charge in [-0.1, -0.05) is 20.8 Å². The number of benzene rings is 1. The van der Waals surface area contributed by atoms with Gasteiger partial charge in [-0.05, 0) is 61.7 Å². The molecule has 2 heterocycles. The molecule has 2 aromatic heterocycles. The van der Waals surface area contributed by atoms with Crippen molar-refractivity contribution < 1.29 is 9.59 Å². The number of hydrogen-bond donors (Lipinski definition) is 3. The second-order valence-corrected chi connectivity index (χ2v) is 8.81. The number of fused-ring (bicyclic) bond motifs is 1. The van der Waals surface area contributed by atoms with Crippen molar-refractivity contribution in [3.63, 3.8) is 0 Å². The molecule has 0 unspecified atom stereocenters. The fourth-order valence-corrected chi connectivity index (χ4v) is 3.21. The highest BCUT2D eigenvalue weighted by molar-refractivity contribution is 5.94. The summed E-state index contributed by atoms with van der Waals surface area (Å²) in [7, 11) is 0. The summed E-state index contributed by atoms with van der Waals surface area (Å²) in [6.07, 6.45) is 1.16. The molecule has 0 fully saturated rings. The maximum atomic E-state index is 12.3. The highest BCUT2D eigenvalue weighted by atomic mass is 16.1. The van der Waals surface area contributed by atoms with Crippen LogP contribution in [0.1, 0.15) is 50.9 Å². The highest BCUT2D eigenvalue weighted by Gasteiger charge is 2.18. The van der Waals surface area contributed by atoms with E-state index in [4.69, 9.17) is 5.73 Å². The molecule has 3 aromatic rings. The van der Waals surface area contributed by atoms with Gasteiger partial charge in [-0.15, -0.1) is 0 Å². The van der Waals surface area contributed by atoms with Crippen LogP contribution in [-0.4, -0.2) is 32.8 Å². The Hall–Kier alpha value is -3.26. The highest BCUT2D eigenvalue weighted by Crippen LogP contribution is 2.25. The predicted octanol–water partition coefficient (Wildman–Crippen LogP) is 4.10. The van der Waals surface area contributed by atoms with Gasteiger partial charge in [-0.25, -0.2) is 9.97 Å². The molecule has 164 valence electrons. The molecule has 0 spiro atoms. The Morgan fingerprint density at radius 3 is 2.39 bits per heavy atom. The van der Waals surface area contributed by atoms with Gasteiger partial charge in [0, 0.05) is 24.2 Å². The number of aromatic nitrogens is 3. The summed E-state index contributed by atoms with van der Waals surface area (Å²) in [6.45, 7) is 8.77. The minimum Gasteiger partial charge on any atom is -0.330 e. The molecule has 1 aromatic carbocycles. The third kappa shape index (κ3) is 5.88. The normalized spacial score (nSPS) is 11.5. The van der Waals surface area contributed by atoms with E-state index in [1.807, 2.05) is 43.5 Å². The summed E-state index contributed by atoms with van der Waals surface area (Å²) in [5.41, 5.74) is 8.48. The van der Waals surface area contributed by atoms with E-state index in [2.05, 4.69) is 20.6 Å². The molecule has 0 saturated heterocycles. The van der Waals surface area contributed by atoms with Gasteiger partial charge in [-0.2, -0.15) is 0 Å². The molecular formula is C23H30N6O2. The smallest absolute Gasteiger partial charge is 0.226 e. The van der Waals surface area contributed by atoms with E-state index in [1.54, 1.807) is 18.2 Å². The van der Waals surface area contributed by atoms with Crippen molar-refractivity contribution in [1.82, 2.24) is 14.5 Å². The average molecular weight is 423 g/mol. The minimum atomic E-state index is -0.105. The molecule has 0 radical (unpaired) electrons. The van der Waals surface area contributed by atoms with Crippen LogP contribution in [0.25, 0.3) is 11.2 Å².